The summed E-state index contributed by atoms with van der Waals surface area (Å²) in [6, 6.07) is 4.71. The smallest absolute Gasteiger partial charge is 0.416 e. The number of alkyl halides is 3. The Balaban J connectivity index is 2.14. The molecule has 2 aromatic rings. The number of rotatable bonds is 4. The first kappa shape index (κ1) is 14.3. The molecule has 0 radical (unpaired) electrons. The van der Waals surface area contributed by atoms with Gasteiger partial charge in [0.25, 0.3) is 0 Å². The van der Waals surface area contributed by atoms with Crippen molar-refractivity contribution >= 4 is 28.1 Å². The molecule has 0 unspecified atom stereocenters. The van der Waals surface area contributed by atoms with Crippen molar-refractivity contribution in [2.75, 3.05) is 5.32 Å². The minimum Gasteiger partial charge on any atom is -0.481 e. The lowest BCUT2D eigenvalue weighted by Crippen LogP contribution is -2.05. The van der Waals surface area contributed by atoms with E-state index in [-0.39, 0.29) is 12.1 Å². The molecule has 1 heterocycles. The molecular formula is C12H9F3N2O2S. The Bertz CT molecular complexity index is 625. The number of carboxylic acid groups (broad SMARTS) is 1. The molecular weight excluding hydrogens is 293 g/mol. The highest BCUT2D eigenvalue weighted by Gasteiger charge is 2.30. The fourth-order valence-corrected chi connectivity index (χ4v) is 2.23. The van der Waals surface area contributed by atoms with Crippen molar-refractivity contribution in [1.82, 2.24) is 4.98 Å². The Kier molecular flexibility index (Phi) is 3.93. The summed E-state index contributed by atoms with van der Waals surface area (Å²) < 4.78 is 37.6. The van der Waals surface area contributed by atoms with Gasteiger partial charge in [-0.25, -0.2) is 4.98 Å². The minimum absolute atomic E-state index is 0.221. The highest BCUT2D eigenvalue weighted by Crippen LogP contribution is 2.31. The molecule has 1 aromatic carbocycles. The van der Waals surface area contributed by atoms with Crippen LogP contribution >= 0.6 is 11.3 Å². The van der Waals surface area contributed by atoms with Crippen LogP contribution < -0.4 is 5.32 Å². The third-order valence-corrected chi connectivity index (χ3v) is 3.13. The molecule has 8 heteroatoms. The molecule has 0 aliphatic heterocycles. The predicted molar refractivity (Wildman–Crippen MR) is 68.2 cm³/mol. The highest BCUT2D eigenvalue weighted by molar-refractivity contribution is 7.13. The number of carbonyl (C=O) groups is 1. The summed E-state index contributed by atoms with van der Waals surface area (Å²) in [6.45, 7) is 0. The van der Waals surface area contributed by atoms with E-state index >= 15 is 0 Å². The maximum atomic E-state index is 12.5. The SMILES string of the molecule is O=C(O)Cc1csc(Nc2cccc(C(F)(F)F)c2)n1. The van der Waals surface area contributed by atoms with Crippen molar-refractivity contribution in [2.24, 2.45) is 0 Å². The Morgan fingerprint density at radius 1 is 1.40 bits per heavy atom. The van der Waals surface area contributed by atoms with Crippen LogP contribution in [0.1, 0.15) is 11.3 Å². The number of nitrogens with zero attached hydrogens (tertiary/aromatic N) is 1. The van der Waals surface area contributed by atoms with Crippen LogP contribution in [0, 0.1) is 0 Å². The van der Waals surface area contributed by atoms with Crippen LogP contribution in [0.2, 0.25) is 0 Å². The molecule has 0 saturated carbocycles. The summed E-state index contributed by atoms with van der Waals surface area (Å²) in [5.41, 5.74) is -0.155. The van der Waals surface area contributed by atoms with E-state index in [9.17, 15) is 18.0 Å². The number of nitrogens with one attached hydrogen (secondary N) is 1. The summed E-state index contributed by atoms with van der Waals surface area (Å²) >= 11 is 1.13. The fourth-order valence-electron chi connectivity index (χ4n) is 1.50. The van der Waals surface area contributed by atoms with Crippen LogP contribution in [-0.4, -0.2) is 16.1 Å². The van der Waals surface area contributed by atoms with Crippen LogP contribution in [0.25, 0.3) is 0 Å². The standard InChI is InChI=1S/C12H9F3N2O2S/c13-12(14,15)7-2-1-3-8(4-7)16-11-17-9(6-20-11)5-10(18)19/h1-4,6H,5H2,(H,16,17)(H,18,19). The van der Waals surface area contributed by atoms with Gasteiger partial charge in [0.15, 0.2) is 5.13 Å². The maximum absolute atomic E-state index is 12.5. The third kappa shape index (κ3) is 3.70. The predicted octanol–water partition coefficient (Wildman–Crippen LogP) is 3.53. The Hall–Kier alpha value is -2.09. The van der Waals surface area contributed by atoms with Crippen molar-refractivity contribution in [2.45, 2.75) is 12.6 Å². The van der Waals surface area contributed by atoms with E-state index in [1.807, 2.05) is 0 Å². The van der Waals surface area contributed by atoms with Gasteiger partial charge in [-0.3, -0.25) is 4.79 Å². The van der Waals surface area contributed by atoms with Gasteiger partial charge in [-0.1, -0.05) is 6.07 Å². The van der Waals surface area contributed by atoms with Crippen molar-refractivity contribution in [3.05, 3.63) is 40.9 Å². The van der Waals surface area contributed by atoms with E-state index < -0.39 is 17.7 Å². The number of hydrogen-bond donors (Lipinski definition) is 2. The second-order valence-electron chi connectivity index (χ2n) is 3.92. The topological polar surface area (TPSA) is 62.2 Å². The van der Waals surface area contributed by atoms with Gasteiger partial charge < -0.3 is 10.4 Å². The van der Waals surface area contributed by atoms with Gasteiger partial charge in [0, 0.05) is 11.1 Å². The zero-order valence-corrected chi connectivity index (χ0v) is 10.8. The van der Waals surface area contributed by atoms with Crippen LogP contribution in [0.4, 0.5) is 24.0 Å². The van der Waals surface area contributed by atoms with Crippen molar-refractivity contribution in [3.8, 4) is 0 Å². The molecule has 0 aliphatic rings. The van der Waals surface area contributed by atoms with Crippen LogP contribution in [0.5, 0.6) is 0 Å². The molecule has 0 spiro atoms. The number of halogens is 3. The van der Waals surface area contributed by atoms with Crippen LogP contribution in [-0.2, 0) is 17.4 Å². The summed E-state index contributed by atoms with van der Waals surface area (Å²) in [7, 11) is 0. The van der Waals surface area contributed by atoms with Gasteiger partial charge in [-0.15, -0.1) is 11.3 Å². The average Bonchev–Trinajstić information content (AvgIpc) is 2.75. The van der Waals surface area contributed by atoms with Gasteiger partial charge in [0.1, 0.15) is 0 Å². The second kappa shape index (κ2) is 5.49. The van der Waals surface area contributed by atoms with E-state index in [1.54, 1.807) is 5.38 Å². The highest BCUT2D eigenvalue weighted by atomic mass is 32.1. The Labute approximate surface area is 115 Å². The molecule has 2 rings (SSSR count). The summed E-state index contributed by atoms with van der Waals surface area (Å²) in [5, 5.41) is 13.2. The zero-order valence-electron chi connectivity index (χ0n) is 9.94. The minimum atomic E-state index is -4.41. The second-order valence-corrected chi connectivity index (χ2v) is 4.78. The molecule has 0 bridgehead atoms. The quantitative estimate of drug-likeness (QED) is 0.907. The molecule has 20 heavy (non-hydrogen) atoms. The summed E-state index contributed by atoms with van der Waals surface area (Å²) in [4.78, 5) is 14.5. The van der Waals surface area contributed by atoms with Crippen molar-refractivity contribution in [1.29, 1.82) is 0 Å². The van der Waals surface area contributed by atoms with Gasteiger partial charge in [-0.2, -0.15) is 13.2 Å². The van der Waals surface area contributed by atoms with Crippen molar-refractivity contribution < 1.29 is 23.1 Å². The van der Waals surface area contributed by atoms with E-state index in [4.69, 9.17) is 5.11 Å². The van der Waals surface area contributed by atoms with E-state index in [0.717, 1.165) is 23.5 Å². The molecule has 1 aromatic heterocycles. The van der Waals surface area contributed by atoms with E-state index in [0.29, 0.717) is 10.8 Å². The van der Waals surface area contributed by atoms with Crippen LogP contribution in [0.3, 0.4) is 0 Å². The lowest BCUT2D eigenvalue weighted by Gasteiger charge is -2.08. The average molecular weight is 302 g/mol. The number of carboxylic acids is 1. The monoisotopic (exact) mass is 302 g/mol. The first-order valence-electron chi connectivity index (χ1n) is 5.45. The molecule has 106 valence electrons. The summed E-state index contributed by atoms with van der Waals surface area (Å²) in [5.74, 6) is -1.01. The normalized spacial score (nSPS) is 11.3. The van der Waals surface area contributed by atoms with Gasteiger partial charge in [0.05, 0.1) is 17.7 Å². The van der Waals surface area contributed by atoms with Crippen molar-refractivity contribution in [3.63, 3.8) is 0 Å². The molecule has 0 saturated heterocycles. The molecule has 2 N–H and O–H groups in total. The Morgan fingerprint density at radius 2 is 2.15 bits per heavy atom. The molecule has 0 aliphatic carbocycles. The third-order valence-electron chi connectivity index (χ3n) is 2.33. The molecule has 4 nitrogen and oxygen atoms in total. The first-order chi connectivity index (χ1) is 9.34. The van der Waals surface area contributed by atoms with E-state index in [1.165, 1.54) is 12.1 Å². The lowest BCUT2D eigenvalue weighted by atomic mass is 10.2. The number of hydrogen-bond acceptors (Lipinski definition) is 4. The number of thiazole rings is 1. The molecule has 0 atom stereocenters. The van der Waals surface area contributed by atoms with Gasteiger partial charge in [0.2, 0.25) is 0 Å². The summed E-state index contributed by atoms with van der Waals surface area (Å²) in [6.07, 6.45) is -4.63. The van der Waals surface area contributed by atoms with Gasteiger partial charge in [-0.05, 0) is 18.2 Å². The van der Waals surface area contributed by atoms with Crippen LogP contribution in [0.15, 0.2) is 29.6 Å². The number of aromatic nitrogens is 1. The largest absolute Gasteiger partial charge is 0.481 e. The van der Waals surface area contributed by atoms with E-state index in [2.05, 4.69) is 10.3 Å². The number of aliphatic carboxylic acids is 1. The Morgan fingerprint density at radius 3 is 2.80 bits per heavy atom. The first-order valence-corrected chi connectivity index (χ1v) is 6.33. The molecule has 0 amide bonds. The van der Waals surface area contributed by atoms with Gasteiger partial charge >= 0.3 is 12.1 Å². The maximum Gasteiger partial charge on any atom is 0.416 e. The fraction of sp³-hybridized carbons (Fsp3) is 0.167. The number of benzene rings is 1. The molecule has 0 fully saturated rings. The number of anilines is 2. The lowest BCUT2D eigenvalue weighted by molar-refractivity contribution is -0.138. The zero-order chi connectivity index (χ0) is 14.8.